The van der Waals surface area contributed by atoms with E-state index in [2.05, 4.69) is 22.1 Å². The topological polar surface area (TPSA) is 103 Å². The number of aliphatic hydroxyl groups excluding tert-OH is 1. The summed E-state index contributed by atoms with van der Waals surface area (Å²) in [6.45, 7) is 3.91. The van der Waals surface area contributed by atoms with Crippen molar-refractivity contribution in [2.24, 2.45) is 11.1 Å². The van der Waals surface area contributed by atoms with Gasteiger partial charge in [0.1, 0.15) is 5.69 Å². The van der Waals surface area contributed by atoms with E-state index in [4.69, 9.17) is 38.9 Å². The van der Waals surface area contributed by atoms with Gasteiger partial charge < -0.3 is 21.2 Å². The molecule has 1 aromatic carbocycles. The Kier molecular flexibility index (Phi) is 6.78. The number of nitrogens with one attached hydrogen (secondary N) is 2. The van der Waals surface area contributed by atoms with Gasteiger partial charge in [-0.2, -0.15) is 0 Å². The number of piperidine rings is 1. The summed E-state index contributed by atoms with van der Waals surface area (Å²) >= 11 is 12.6. The van der Waals surface area contributed by atoms with Crippen LogP contribution in [0.2, 0.25) is 10.0 Å². The molecular weight excluding hydrogens is 449 g/mol. The molecule has 0 atom stereocenters. The molecule has 172 valence electrons. The molecule has 4 rings (SSSR count). The molecular formula is C22H29Cl2N7O. The van der Waals surface area contributed by atoms with E-state index in [-0.39, 0.29) is 12.0 Å². The summed E-state index contributed by atoms with van der Waals surface area (Å²) in [6.07, 6.45) is 4.81. The predicted molar refractivity (Wildman–Crippen MR) is 128 cm³/mol. The summed E-state index contributed by atoms with van der Waals surface area (Å²) in [4.78, 5) is 11.8. The minimum absolute atomic E-state index is 0.0261. The molecule has 0 radical (unpaired) electrons. The minimum atomic E-state index is -0.207. The maximum absolute atomic E-state index is 10.1. The molecule has 0 amide bonds. The summed E-state index contributed by atoms with van der Waals surface area (Å²) in [7, 11) is 1.95. The molecule has 0 unspecified atom stereocenters. The van der Waals surface area contributed by atoms with E-state index in [1.807, 2.05) is 31.1 Å². The molecule has 0 bridgehead atoms. The molecule has 0 saturated carbocycles. The number of halogens is 2. The van der Waals surface area contributed by atoms with Gasteiger partial charge in [-0.15, -0.1) is 5.53 Å². The van der Waals surface area contributed by atoms with Crippen molar-refractivity contribution >= 4 is 29.0 Å². The molecule has 1 fully saturated rings. The number of allylic oxidation sites excluding steroid dienone is 1. The standard InChI is InChI=1S/C22H29Cl2N7O/c1-14-20(16-4-3-5-17(23)19(16)24)27-18(12-32)21(26-14)31-8-6-22(13-25,7-9-31)10-15-11-30(2)29-28-15/h3-5,11,28-29,32H,6-10,12-13,25H2,1-2H3. The van der Waals surface area contributed by atoms with E-state index in [0.717, 1.165) is 49.6 Å². The van der Waals surface area contributed by atoms with Gasteiger partial charge in [0.15, 0.2) is 5.82 Å². The first-order valence-electron chi connectivity index (χ1n) is 10.7. The number of benzene rings is 1. The normalized spacial score (nSPS) is 18.0. The Balaban J connectivity index is 1.56. The van der Waals surface area contributed by atoms with Crippen molar-refractivity contribution in [2.45, 2.75) is 32.8 Å². The molecule has 3 heterocycles. The lowest BCUT2D eigenvalue weighted by Crippen LogP contribution is -2.45. The van der Waals surface area contributed by atoms with Crippen LogP contribution < -0.4 is 21.6 Å². The quantitative estimate of drug-likeness (QED) is 0.503. The van der Waals surface area contributed by atoms with Crippen LogP contribution in [0.4, 0.5) is 5.82 Å². The maximum Gasteiger partial charge on any atom is 0.153 e. The lowest BCUT2D eigenvalue weighted by Gasteiger charge is -2.42. The zero-order valence-electron chi connectivity index (χ0n) is 18.3. The van der Waals surface area contributed by atoms with Gasteiger partial charge in [0.05, 0.1) is 28.0 Å². The average molecular weight is 478 g/mol. The van der Waals surface area contributed by atoms with E-state index < -0.39 is 0 Å². The van der Waals surface area contributed by atoms with Crippen molar-refractivity contribution in [3.05, 3.63) is 51.5 Å². The molecule has 0 spiro atoms. The fourth-order valence-corrected chi connectivity index (χ4v) is 4.83. The van der Waals surface area contributed by atoms with E-state index in [1.165, 1.54) is 0 Å². The fraction of sp³-hybridized carbons (Fsp3) is 0.455. The Morgan fingerprint density at radius 2 is 1.97 bits per heavy atom. The van der Waals surface area contributed by atoms with E-state index >= 15 is 0 Å². The molecule has 0 aliphatic carbocycles. The van der Waals surface area contributed by atoms with Crippen LogP contribution in [0.5, 0.6) is 0 Å². The molecule has 1 saturated heterocycles. The highest BCUT2D eigenvalue weighted by atomic mass is 35.5. The molecule has 10 heteroatoms. The van der Waals surface area contributed by atoms with Crippen molar-refractivity contribution in [3.8, 4) is 11.3 Å². The maximum atomic E-state index is 10.1. The van der Waals surface area contributed by atoms with E-state index in [0.29, 0.717) is 33.5 Å². The molecule has 2 aliphatic rings. The highest BCUT2D eigenvalue weighted by molar-refractivity contribution is 6.43. The Morgan fingerprint density at radius 3 is 2.59 bits per heavy atom. The third kappa shape index (κ3) is 4.51. The van der Waals surface area contributed by atoms with Gasteiger partial charge in [0.2, 0.25) is 0 Å². The lowest BCUT2D eigenvalue weighted by atomic mass is 9.75. The molecule has 2 aromatic rings. The van der Waals surface area contributed by atoms with E-state index in [1.54, 1.807) is 6.07 Å². The second kappa shape index (κ2) is 9.41. The average Bonchev–Trinajstić information content (AvgIpc) is 3.20. The summed E-state index contributed by atoms with van der Waals surface area (Å²) in [6, 6.07) is 5.43. The van der Waals surface area contributed by atoms with Crippen molar-refractivity contribution in [3.63, 3.8) is 0 Å². The van der Waals surface area contributed by atoms with Crippen molar-refractivity contribution in [1.29, 1.82) is 0 Å². The lowest BCUT2D eigenvalue weighted by molar-refractivity contribution is 0.219. The SMILES string of the molecule is Cc1nc(N2CCC(CN)(CC3=CN(C)NN3)CC2)c(CO)nc1-c1cccc(Cl)c1Cl. The van der Waals surface area contributed by atoms with Crippen LogP contribution in [0, 0.1) is 12.3 Å². The number of rotatable bonds is 6. The highest BCUT2D eigenvalue weighted by Crippen LogP contribution is 2.39. The molecule has 2 aliphatic heterocycles. The number of anilines is 1. The van der Waals surface area contributed by atoms with Crippen molar-refractivity contribution in [1.82, 2.24) is 25.9 Å². The molecule has 8 nitrogen and oxygen atoms in total. The number of aliphatic hydroxyl groups is 1. The number of hydrogen-bond donors (Lipinski definition) is 4. The second-order valence-corrected chi connectivity index (χ2v) is 9.34. The Labute approximate surface area is 198 Å². The van der Waals surface area contributed by atoms with Gasteiger partial charge in [0.25, 0.3) is 0 Å². The predicted octanol–water partition coefficient (Wildman–Crippen LogP) is 2.98. The third-order valence-electron chi connectivity index (χ3n) is 6.34. The zero-order valence-corrected chi connectivity index (χ0v) is 19.8. The molecule has 1 aromatic heterocycles. The number of aromatic nitrogens is 2. The Hall–Kier alpha value is -2.10. The van der Waals surface area contributed by atoms with Gasteiger partial charge in [-0.25, -0.2) is 9.97 Å². The van der Waals surface area contributed by atoms with Crippen molar-refractivity contribution < 1.29 is 5.11 Å². The highest BCUT2D eigenvalue weighted by Gasteiger charge is 2.36. The van der Waals surface area contributed by atoms with Crippen LogP contribution >= 0.6 is 23.2 Å². The molecule has 5 N–H and O–H groups in total. The smallest absolute Gasteiger partial charge is 0.153 e. The van der Waals surface area contributed by atoms with E-state index in [9.17, 15) is 5.11 Å². The summed E-state index contributed by atoms with van der Waals surface area (Å²) in [5.74, 6) is 0.720. The van der Waals surface area contributed by atoms with Crippen LogP contribution in [-0.2, 0) is 6.61 Å². The first-order valence-corrected chi connectivity index (χ1v) is 11.4. The fourth-order valence-electron chi connectivity index (χ4n) is 4.44. The summed E-state index contributed by atoms with van der Waals surface area (Å²) < 4.78 is 0. The number of hydrogen-bond acceptors (Lipinski definition) is 8. The Bertz CT molecular complexity index is 1020. The summed E-state index contributed by atoms with van der Waals surface area (Å²) in [5.41, 5.74) is 16.3. The zero-order chi connectivity index (χ0) is 22.9. The largest absolute Gasteiger partial charge is 0.390 e. The van der Waals surface area contributed by atoms with Gasteiger partial charge in [0, 0.05) is 37.6 Å². The monoisotopic (exact) mass is 477 g/mol. The van der Waals surface area contributed by atoms with Crippen LogP contribution in [0.25, 0.3) is 11.3 Å². The molecule has 32 heavy (non-hydrogen) atoms. The van der Waals surface area contributed by atoms with Crippen LogP contribution in [0.3, 0.4) is 0 Å². The third-order valence-corrected chi connectivity index (χ3v) is 7.16. The van der Waals surface area contributed by atoms with Crippen LogP contribution in [0.15, 0.2) is 30.1 Å². The van der Waals surface area contributed by atoms with Crippen molar-refractivity contribution in [2.75, 3.05) is 31.6 Å². The number of nitrogens with two attached hydrogens (primary N) is 1. The number of hydrazine groups is 2. The Morgan fingerprint density at radius 1 is 1.22 bits per heavy atom. The van der Waals surface area contributed by atoms with Gasteiger partial charge in [-0.05, 0) is 44.2 Å². The summed E-state index contributed by atoms with van der Waals surface area (Å²) in [5, 5.41) is 12.9. The second-order valence-electron chi connectivity index (χ2n) is 8.56. The first-order chi connectivity index (χ1) is 15.4. The van der Waals surface area contributed by atoms with Gasteiger partial charge in [-0.3, -0.25) is 5.01 Å². The first kappa shape index (κ1) is 23.1. The number of aryl methyl sites for hydroxylation is 1. The van der Waals surface area contributed by atoms with Gasteiger partial charge in [-0.1, -0.05) is 35.3 Å². The van der Waals surface area contributed by atoms with Gasteiger partial charge >= 0.3 is 0 Å². The van der Waals surface area contributed by atoms with Crippen LogP contribution in [0.1, 0.15) is 30.7 Å². The number of nitrogens with zero attached hydrogens (tertiary/aromatic N) is 4. The minimum Gasteiger partial charge on any atom is -0.390 e. The van der Waals surface area contributed by atoms with Crippen LogP contribution in [-0.4, -0.2) is 46.8 Å².